The van der Waals surface area contributed by atoms with E-state index >= 15 is 0 Å². The second-order valence-corrected chi connectivity index (χ2v) is 8.14. The summed E-state index contributed by atoms with van der Waals surface area (Å²) in [4.78, 5) is 64.8. The molecule has 35 heavy (non-hydrogen) atoms. The van der Waals surface area contributed by atoms with E-state index in [1.165, 1.54) is 4.90 Å². The highest BCUT2D eigenvalue weighted by Gasteiger charge is 2.35. The average molecular weight is 468 g/mol. The molecule has 0 fully saturated rings. The van der Waals surface area contributed by atoms with Gasteiger partial charge >= 0.3 is 0 Å². The van der Waals surface area contributed by atoms with Crippen LogP contribution >= 0.6 is 0 Å². The number of amides is 5. The third kappa shape index (κ3) is 4.15. The Hall–Kier alpha value is -4.79. The maximum Gasteiger partial charge on any atom is 0.261 e. The number of hydrogen-bond donors (Lipinski definition) is 2. The van der Waals surface area contributed by atoms with Crippen LogP contribution in [0.15, 0.2) is 72.8 Å². The Balaban J connectivity index is 1.21. The molecule has 0 aliphatic carbocycles. The number of imide groups is 1. The summed E-state index contributed by atoms with van der Waals surface area (Å²) < 4.78 is 0. The molecule has 9 nitrogen and oxygen atoms in total. The maximum absolute atomic E-state index is 13.0. The Kier molecular flexibility index (Phi) is 5.58. The summed E-state index contributed by atoms with van der Waals surface area (Å²) in [5, 5.41) is 5.45. The Labute approximate surface area is 200 Å². The van der Waals surface area contributed by atoms with Crippen molar-refractivity contribution in [2.75, 3.05) is 28.6 Å². The Morgan fingerprint density at radius 3 is 2.14 bits per heavy atom. The van der Waals surface area contributed by atoms with Gasteiger partial charge in [0.2, 0.25) is 11.8 Å². The van der Waals surface area contributed by atoms with Gasteiger partial charge in [-0.15, -0.1) is 0 Å². The summed E-state index contributed by atoms with van der Waals surface area (Å²) in [6, 6.07) is 19.9. The van der Waals surface area contributed by atoms with Crippen molar-refractivity contribution in [1.82, 2.24) is 4.90 Å². The zero-order valence-electron chi connectivity index (χ0n) is 18.5. The third-order valence-corrected chi connectivity index (χ3v) is 5.87. The molecule has 174 valence electrons. The lowest BCUT2D eigenvalue weighted by Crippen LogP contribution is -2.42. The van der Waals surface area contributed by atoms with E-state index in [1.807, 2.05) is 0 Å². The molecular weight excluding hydrogens is 448 g/mol. The van der Waals surface area contributed by atoms with Crippen LogP contribution in [0, 0.1) is 0 Å². The van der Waals surface area contributed by atoms with E-state index in [0.29, 0.717) is 33.8 Å². The number of fused-ring (bicyclic) bond motifs is 2. The molecule has 0 spiro atoms. The van der Waals surface area contributed by atoms with Crippen molar-refractivity contribution < 1.29 is 24.0 Å². The van der Waals surface area contributed by atoms with E-state index < -0.39 is 11.8 Å². The first-order valence-electron chi connectivity index (χ1n) is 11.0. The van der Waals surface area contributed by atoms with Gasteiger partial charge < -0.3 is 10.6 Å². The molecule has 0 unspecified atom stereocenters. The Morgan fingerprint density at radius 2 is 1.46 bits per heavy atom. The number of benzene rings is 3. The quantitative estimate of drug-likeness (QED) is 0.559. The number of nitrogens with zero attached hydrogens (tertiary/aromatic N) is 2. The molecule has 5 amide bonds. The molecule has 3 aromatic carbocycles. The molecule has 0 aromatic heterocycles. The monoisotopic (exact) mass is 468 g/mol. The molecule has 0 saturated heterocycles. The molecule has 2 aliphatic rings. The summed E-state index contributed by atoms with van der Waals surface area (Å²) in [5.74, 6) is -1.81. The highest BCUT2D eigenvalue weighted by atomic mass is 16.2. The van der Waals surface area contributed by atoms with Crippen LogP contribution in [0.2, 0.25) is 0 Å². The zero-order chi connectivity index (χ0) is 24.5. The predicted octanol–water partition coefficient (Wildman–Crippen LogP) is 2.91. The average Bonchev–Trinajstić information content (AvgIpc) is 3.11. The molecular formula is C26H20N4O5. The van der Waals surface area contributed by atoms with E-state index in [0.717, 1.165) is 4.90 Å². The first kappa shape index (κ1) is 22.0. The topological polar surface area (TPSA) is 116 Å². The van der Waals surface area contributed by atoms with Crippen LogP contribution in [0.5, 0.6) is 0 Å². The SMILES string of the molecule is O=C(CCN1C(=O)c2ccccc2C1=O)Nc1ccc(C(=O)N2CC(=O)Nc3ccccc32)cc1. The van der Waals surface area contributed by atoms with Gasteiger partial charge in [0.25, 0.3) is 17.7 Å². The molecule has 2 N–H and O–H groups in total. The van der Waals surface area contributed by atoms with Crippen LogP contribution < -0.4 is 15.5 Å². The number of hydrogen-bond acceptors (Lipinski definition) is 5. The van der Waals surface area contributed by atoms with Crippen molar-refractivity contribution in [3.63, 3.8) is 0 Å². The van der Waals surface area contributed by atoms with E-state index in [9.17, 15) is 24.0 Å². The molecule has 0 atom stereocenters. The minimum absolute atomic E-state index is 0.0365. The van der Waals surface area contributed by atoms with Crippen LogP contribution in [0.1, 0.15) is 37.5 Å². The van der Waals surface area contributed by atoms with Crippen LogP contribution in [0.4, 0.5) is 17.1 Å². The van der Waals surface area contributed by atoms with Gasteiger partial charge in [0.05, 0.1) is 22.5 Å². The molecule has 9 heteroatoms. The fourth-order valence-corrected chi connectivity index (χ4v) is 4.15. The van der Waals surface area contributed by atoms with Gasteiger partial charge in [-0.25, -0.2) is 0 Å². The summed E-state index contributed by atoms with van der Waals surface area (Å²) >= 11 is 0. The standard InChI is InChI=1S/C26H20N4O5/c31-22(13-14-29-25(34)18-5-1-2-6-19(18)26(29)35)27-17-11-9-16(10-12-17)24(33)30-15-23(32)28-20-7-3-4-8-21(20)30/h1-12H,13-15H2,(H,27,31)(H,28,32). The van der Waals surface area contributed by atoms with Gasteiger partial charge in [0.15, 0.2) is 0 Å². The Morgan fingerprint density at radius 1 is 0.829 bits per heavy atom. The van der Waals surface area contributed by atoms with Gasteiger partial charge in [-0.3, -0.25) is 33.8 Å². The molecule has 2 aliphatic heterocycles. The van der Waals surface area contributed by atoms with E-state index in [1.54, 1.807) is 72.8 Å². The van der Waals surface area contributed by atoms with Crippen LogP contribution in [-0.2, 0) is 9.59 Å². The fourth-order valence-electron chi connectivity index (χ4n) is 4.15. The van der Waals surface area contributed by atoms with Gasteiger partial charge in [-0.05, 0) is 48.5 Å². The highest BCUT2D eigenvalue weighted by Crippen LogP contribution is 2.30. The molecule has 2 heterocycles. The van der Waals surface area contributed by atoms with Crippen LogP contribution in [0.25, 0.3) is 0 Å². The summed E-state index contributed by atoms with van der Waals surface area (Å²) in [5.41, 5.74) is 2.69. The van der Waals surface area contributed by atoms with Gasteiger partial charge in [0, 0.05) is 24.2 Å². The highest BCUT2D eigenvalue weighted by molar-refractivity contribution is 6.21. The van der Waals surface area contributed by atoms with Gasteiger partial charge in [-0.1, -0.05) is 24.3 Å². The second-order valence-electron chi connectivity index (χ2n) is 8.14. The lowest BCUT2D eigenvalue weighted by Gasteiger charge is -2.29. The number of carbonyl (C=O) groups is 5. The second kappa shape index (κ2) is 8.86. The number of anilines is 3. The number of carbonyl (C=O) groups excluding carboxylic acids is 5. The smallest absolute Gasteiger partial charge is 0.261 e. The number of rotatable bonds is 5. The van der Waals surface area contributed by atoms with Crippen molar-refractivity contribution in [3.8, 4) is 0 Å². The first-order chi connectivity index (χ1) is 16.9. The Bertz CT molecular complexity index is 1350. The normalized spacial score (nSPS) is 14.3. The van der Waals surface area contributed by atoms with Crippen molar-refractivity contribution in [3.05, 3.63) is 89.5 Å². The van der Waals surface area contributed by atoms with E-state index in [4.69, 9.17) is 0 Å². The largest absolute Gasteiger partial charge is 0.326 e. The zero-order valence-corrected chi connectivity index (χ0v) is 18.5. The minimum atomic E-state index is -0.408. The van der Waals surface area contributed by atoms with Crippen molar-refractivity contribution >= 4 is 46.6 Å². The lowest BCUT2D eigenvalue weighted by molar-refractivity contribution is -0.116. The molecule has 0 bridgehead atoms. The van der Waals surface area contributed by atoms with Crippen LogP contribution in [-0.4, -0.2) is 47.5 Å². The van der Waals surface area contributed by atoms with E-state index in [2.05, 4.69) is 10.6 Å². The van der Waals surface area contributed by atoms with E-state index in [-0.39, 0.29) is 37.2 Å². The summed E-state index contributed by atoms with van der Waals surface area (Å²) in [6.07, 6.45) is -0.0637. The minimum Gasteiger partial charge on any atom is -0.326 e. The van der Waals surface area contributed by atoms with Gasteiger partial charge in [-0.2, -0.15) is 0 Å². The van der Waals surface area contributed by atoms with Crippen LogP contribution in [0.3, 0.4) is 0 Å². The number of para-hydroxylation sites is 2. The molecule has 3 aromatic rings. The summed E-state index contributed by atoms with van der Waals surface area (Å²) in [7, 11) is 0. The molecule has 0 radical (unpaired) electrons. The van der Waals surface area contributed by atoms with Crippen molar-refractivity contribution in [1.29, 1.82) is 0 Å². The lowest BCUT2D eigenvalue weighted by atomic mass is 10.1. The fraction of sp³-hybridized carbons (Fsp3) is 0.115. The molecule has 0 saturated carbocycles. The third-order valence-electron chi connectivity index (χ3n) is 5.87. The number of nitrogens with one attached hydrogen (secondary N) is 2. The first-order valence-corrected chi connectivity index (χ1v) is 11.0. The predicted molar refractivity (Wildman–Crippen MR) is 128 cm³/mol. The maximum atomic E-state index is 13.0. The van der Waals surface area contributed by atoms with Crippen molar-refractivity contribution in [2.24, 2.45) is 0 Å². The summed E-state index contributed by atoms with van der Waals surface area (Å²) in [6.45, 7) is -0.128. The van der Waals surface area contributed by atoms with Gasteiger partial charge in [0.1, 0.15) is 6.54 Å². The van der Waals surface area contributed by atoms with Crippen molar-refractivity contribution in [2.45, 2.75) is 6.42 Å². The molecule has 5 rings (SSSR count).